The van der Waals surface area contributed by atoms with Crippen LogP contribution in [0.3, 0.4) is 0 Å². The van der Waals surface area contributed by atoms with Crippen LogP contribution >= 0.6 is 11.8 Å². The van der Waals surface area contributed by atoms with Crippen LogP contribution in [-0.4, -0.2) is 32.4 Å². The Balaban J connectivity index is 1.76. The number of Topliss-reactive ketones (excluding diaryl/α,β-unsaturated/α-hetero) is 1. The van der Waals surface area contributed by atoms with Gasteiger partial charge >= 0.3 is 0 Å². The summed E-state index contributed by atoms with van der Waals surface area (Å²) in [4.78, 5) is 12.3. The molecule has 2 aromatic carbocycles. The summed E-state index contributed by atoms with van der Waals surface area (Å²) in [5.74, 6) is 1.16. The molecular formula is C22H22FN3O2S. The largest absolute Gasteiger partial charge is 0.494 e. The van der Waals surface area contributed by atoms with Crippen molar-refractivity contribution in [2.75, 3.05) is 6.61 Å². The fraction of sp³-hybridized carbons (Fsp3) is 0.318. The maximum Gasteiger partial charge on any atom is 0.196 e. The first-order chi connectivity index (χ1) is 14.2. The molecule has 1 saturated carbocycles. The van der Waals surface area contributed by atoms with Gasteiger partial charge in [0.25, 0.3) is 0 Å². The highest BCUT2D eigenvalue weighted by molar-refractivity contribution is 8.00. The Morgan fingerprint density at radius 1 is 1.14 bits per heavy atom. The number of hydrogen-bond donors (Lipinski definition) is 0. The van der Waals surface area contributed by atoms with Crippen LogP contribution in [0.2, 0.25) is 0 Å². The van der Waals surface area contributed by atoms with Crippen LogP contribution in [0.25, 0.3) is 17.1 Å². The molecule has 4 rings (SSSR count). The molecule has 0 aliphatic heterocycles. The first-order valence-electron chi connectivity index (χ1n) is 9.80. The third-order valence-electron chi connectivity index (χ3n) is 4.90. The van der Waals surface area contributed by atoms with E-state index in [1.54, 1.807) is 22.8 Å². The van der Waals surface area contributed by atoms with Gasteiger partial charge in [0.05, 0.1) is 17.5 Å². The fourth-order valence-corrected chi connectivity index (χ4v) is 4.62. The van der Waals surface area contributed by atoms with Crippen LogP contribution in [0, 0.1) is 5.82 Å². The summed E-state index contributed by atoms with van der Waals surface area (Å²) in [7, 11) is 0. The highest BCUT2D eigenvalue weighted by Crippen LogP contribution is 2.35. The lowest BCUT2D eigenvalue weighted by Gasteiger charge is -2.20. The van der Waals surface area contributed by atoms with E-state index in [9.17, 15) is 9.18 Å². The van der Waals surface area contributed by atoms with E-state index in [-0.39, 0.29) is 16.9 Å². The van der Waals surface area contributed by atoms with E-state index in [1.807, 2.05) is 31.2 Å². The van der Waals surface area contributed by atoms with Gasteiger partial charge in [0.15, 0.2) is 11.0 Å². The van der Waals surface area contributed by atoms with Crippen molar-refractivity contribution in [2.45, 2.75) is 43.0 Å². The topological polar surface area (TPSA) is 57.0 Å². The number of hydrogen-bond acceptors (Lipinski definition) is 5. The van der Waals surface area contributed by atoms with E-state index in [0.717, 1.165) is 30.6 Å². The summed E-state index contributed by atoms with van der Waals surface area (Å²) in [6.45, 7) is 2.51. The van der Waals surface area contributed by atoms with Crippen LogP contribution in [0.15, 0.2) is 53.7 Å². The van der Waals surface area contributed by atoms with Crippen LogP contribution in [-0.2, 0) is 4.79 Å². The molecule has 0 radical (unpaired) electrons. The second-order valence-corrected chi connectivity index (χ2v) is 8.04. The zero-order valence-corrected chi connectivity index (χ0v) is 17.0. The molecule has 1 aromatic heterocycles. The molecule has 29 heavy (non-hydrogen) atoms. The number of ketones is 1. The number of carbonyl (C=O) groups is 1. The highest BCUT2D eigenvalue weighted by atomic mass is 32.2. The van der Waals surface area contributed by atoms with E-state index in [4.69, 9.17) is 4.74 Å². The number of rotatable bonds is 6. The zero-order valence-electron chi connectivity index (χ0n) is 16.2. The molecule has 0 amide bonds. The summed E-state index contributed by atoms with van der Waals surface area (Å²) in [5.41, 5.74) is 1.16. The number of carbonyl (C=O) groups excluding carboxylic acids is 1. The van der Waals surface area contributed by atoms with Gasteiger partial charge in [-0.2, -0.15) is 0 Å². The second-order valence-electron chi connectivity index (χ2n) is 6.87. The van der Waals surface area contributed by atoms with Crippen molar-refractivity contribution in [3.8, 4) is 22.8 Å². The standard InChI is InChI=1S/C22H22FN3O2S/c1-2-28-16-13-11-15(12-14-16)21-24-25-22(29-20-10-6-5-9-19(20)27)26(21)18-8-4-3-7-17(18)23/h3-4,7-8,11-14,20H,2,5-6,9-10H2,1H3. The summed E-state index contributed by atoms with van der Waals surface area (Å²) >= 11 is 1.38. The molecule has 1 atom stereocenters. The molecule has 1 fully saturated rings. The average Bonchev–Trinajstić information content (AvgIpc) is 3.14. The van der Waals surface area contributed by atoms with Crippen LogP contribution in [0.1, 0.15) is 32.6 Å². The number of aromatic nitrogens is 3. The minimum absolute atomic E-state index is 0.161. The molecule has 3 aromatic rings. The van der Waals surface area contributed by atoms with E-state index in [2.05, 4.69) is 10.2 Å². The molecule has 0 spiro atoms. The van der Waals surface area contributed by atoms with Gasteiger partial charge in [-0.1, -0.05) is 30.3 Å². The third-order valence-corrected chi connectivity index (χ3v) is 6.15. The zero-order chi connectivity index (χ0) is 20.2. The lowest BCUT2D eigenvalue weighted by Crippen LogP contribution is -2.21. The smallest absolute Gasteiger partial charge is 0.196 e. The summed E-state index contributed by atoms with van der Waals surface area (Å²) in [6.07, 6.45) is 3.36. The lowest BCUT2D eigenvalue weighted by atomic mass is 9.99. The SMILES string of the molecule is CCOc1ccc(-c2nnc(SC3CCCCC3=O)n2-c2ccccc2F)cc1. The predicted molar refractivity (Wildman–Crippen MR) is 111 cm³/mol. The Morgan fingerprint density at radius 2 is 1.93 bits per heavy atom. The average molecular weight is 412 g/mol. The predicted octanol–water partition coefficient (Wildman–Crippen LogP) is 5.08. The van der Waals surface area contributed by atoms with Gasteiger partial charge in [-0.05, 0) is 56.2 Å². The van der Waals surface area contributed by atoms with Crippen molar-refractivity contribution in [3.63, 3.8) is 0 Å². The minimum Gasteiger partial charge on any atom is -0.494 e. The molecular weight excluding hydrogens is 389 g/mol. The Morgan fingerprint density at radius 3 is 2.66 bits per heavy atom. The van der Waals surface area contributed by atoms with Gasteiger partial charge in [0.2, 0.25) is 0 Å². The molecule has 0 saturated heterocycles. The first kappa shape index (κ1) is 19.6. The molecule has 7 heteroatoms. The number of thioether (sulfide) groups is 1. The number of para-hydroxylation sites is 1. The maximum absolute atomic E-state index is 14.7. The van der Waals surface area contributed by atoms with E-state index in [0.29, 0.717) is 29.7 Å². The van der Waals surface area contributed by atoms with E-state index < -0.39 is 0 Å². The van der Waals surface area contributed by atoms with Crippen molar-refractivity contribution < 1.29 is 13.9 Å². The van der Waals surface area contributed by atoms with Gasteiger partial charge < -0.3 is 4.74 Å². The number of halogens is 1. The minimum atomic E-state index is -0.365. The molecule has 0 bridgehead atoms. The second kappa shape index (κ2) is 8.78. The van der Waals surface area contributed by atoms with Crippen LogP contribution in [0.5, 0.6) is 5.75 Å². The van der Waals surface area contributed by atoms with Gasteiger partial charge in [-0.15, -0.1) is 10.2 Å². The molecule has 1 aliphatic carbocycles. The van der Waals surface area contributed by atoms with Crippen molar-refractivity contribution >= 4 is 17.5 Å². The maximum atomic E-state index is 14.7. The van der Waals surface area contributed by atoms with Crippen molar-refractivity contribution in [1.29, 1.82) is 0 Å². The molecule has 5 nitrogen and oxygen atoms in total. The van der Waals surface area contributed by atoms with E-state index >= 15 is 0 Å². The molecule has 1 unspecified atom stereocenters. The van der Waals surface area contributed by atoms with Crippen molar-refractivity contribution in [3.05, 3.63) is 54.3 Å². The van der Waals surface area contributed by atoms with Crippen LogP contribution < -0.4 is 4.74 Å². The summed E-state index contributed by atoms with van der Waals surface area (Å²) < 4.78 is 21.9. The normalized spacial score (nSPS) is 16.8. The quantitative estimate of drug-likeness (QED) is 0.566. The molecule has 1 heterocycles. The molecule has 0 N–H and O–H groups in total. The van der Waals surface area contributed by atoms with Crippen molar-refractivity contribution in [2.24, 2.45) is 0 Å². The van der Waals surface area contributed by atoms with Gasteiger partial charge in [-0.25, -0.2) is 4.39 Å². The fourth-order valence-electron chi connectivity index (χ4n) is 3.45. The highest BCUT2D eigenvalue weighted by Gasteiger charge is 2.27. The Kier molecular flexibility index (Phi) is 5.94. The summed E-state index contributed by atoms with van der Waals surface area (Å²) in [6, 6.07) is 14.0. The van der Waals surface area contributed by atoms with Gasteiger partial charge in [-0.3, -0.25) is 9.36 Å². The van der Waals surface area contributed by atoms with Gasteiger partial charge in [0.1, 0.15) is 17.3 Å². The Labute approximate surface area is 173 Å². The van der Waals surface area contributed by atoms with E-state index in [1.165, 1.54) is 17.8 Å². The number of ether oxygens (including phenoxy) is 1. The molecule has 1 aliphatic rings. The first-order valence-corrected chi connectivity index (χ1v) is 10.7. The summed E-state index contributed by atoms with van der Waals surface area (Å²) in [5, 5.41) is 9.03. The third kappa shape index (κ3) is 4.19. The Bertz CT molecular complexity index is 1000. The lowest BCUT2D eigenvalue weighted by molar-refractivity contribution is -0.119. The molecule has 150 valence electrons. The van der Waals surface area contributed by atoms with Gasteiger partial charge in [0, 0.05) is 12.0 Å². The Hall–Kier alpha value is -2.67. The number of nitrogens with zero attached hydrogens (tertiary/aromatic N) is 3. The number of benzene rings is 2. The monoisotopic (exact) mass is 411 g/mol. The van der Waals surface area contributed by atoms with Crippen molar-refractivity contribution in [1.82, 2.24) is 14.8 Å². The van der Waals surface area contributed by atoms with Crippen LogP contribution in [0.4, 0.5) is 4.39 Å².